The topological polar surface area (TPSA) is 69.1 Å². The standard InChI is InChI=1S/C6H10N2O/c7-5(3-6(8)9)4-1-2-4/h3-4H,1-2,7H2,(H2,8,9)/b5-3-. The molecule has 0 radical (unpaired) electrons. The van der Waals surface area contributed by atoms with Gasteiger partial charge in [-0.15, -0.1) is 0 Å². The van der Waals surface area contributed by atoms with E-state index in [-0.39, 0.29) is 0 Å². The zero-order chi connectivity index (χ0) is 6.85. The third-order valence-electron chi connectivity index (χ3n) is 1.36. The molecular weight excluding hydrogens is 116 g/mol. The van der Waals surface area contributed by atoms with E-state index in [1.165, 1.54) is 6.08 Å². The second kappa shape index (κ2) is 2.09. The van der Waals surface area contributed by atoms with Crippen LogP contribution in [0.25, 0.3) is 0 Å². The van der Waals surface area contributed by atoms with Crippen LogP contribution in [0.2, 0.25) is 0 Å². The van der Waals surface area contributed by atoms with E-state index in [1.807, 2.05) is 0 Å². The number of carbonyl (C=O) groups excluding carboxylic acids is 1. The van der Waals surface area contributed by atoms with E-state index >= 15 is 0 Å². The van der Waals surface area contributed by atoms with E-state index in [0.717, 1.165) is 12.8 Å². The Kier molecular flexibility index (Phi) is 1.42. The summed E-state index contributed by atoms with van der Waals surface area (Å²) in [5.41, 5.74) is 10.9. The van der Waals surface area contributed by atoms with Gasteiger partial charge in [0.1, 0.15) is 0 Å². The highest BCUT2D eigenvalue weighted by Gasteiger charge is 2.23. The quantitative estimate of drug-likeness (QED) is 0.500. The van der Waals surface area contributed by atoms with Crippen molar-refractivity contribution in [2.45, 2.75) is 12.8 Å². The van der Waals surface area contributed by atoms with Gasteiger partial charge in [0, 0.05) is 11.8 Å². The number of allylic oxidation sites excluding steroid dienone is 1. The minimum atomic E-state index is -0.445. The Bertz CT molecular complexity index is 158. The predicted molar refractivity (Wildman–Crippen MR) is 34.2 cm³/mol. The van der Waals surface area contributed by atoms with Gasteiger partial charge in [-0.05, 0) is 18.8 Å². The van der Waals surface area contributed by atoms with E-state index < -0.39 is 5.91 Å². The van der Waals surface area contributed by atoms with Crippen LogP contribution in [-0.4, -0.2) is 5.91 Å². The van der Waals surface area contributed by atoms with Gasteiger partial charge in [-0.25, -0.2) is 0 Å². The van der Waals surface area contributed by atoms with E-state index in [1.54, 1.807) is 0 Å². The zero-order valence-electron chi connectivity index (χ0n) is 5.13. The molecule has 1 fully saturated rings. The lowest BCUT2D eigenvalue weighted by molar-refractivity contribution is -0.113. The van der Waals surface area contributed by atoms with Crippen molar-refractivity contribution < 1.29 is 4.79 Å². The molecule has 9 heavy (non-hydrogen) atoms. The van der Waals surface area contributed by atoms with Crippen molar-refractivity contribution in [3.8, 4) is 0 Å². The van der Waals surface area contributed by atoms with Crippen LogP contribution in [0.5, 0.6) is 0 Å². The van der Waals surface area contributed by atoms with Crippen LogP contribution in [0.4, 0.5) is 0 Å². The number of amides is 1. The van der Waals surface area contributed by atoms with Crippen LogP contribution < -0.4 is 11.5 Å². The maximum atomic E-state index is 10.2. The van der Waals surface area contributed by atoms with Crippen molar-refractivity contribution in [2.75, 3.05) is 0 Å². The fourth-order valence-electron chi connectivity index (χ4n) is 0.699. The van der Waals surface area contributed by atoms with Gasteiger partial charge >= 0.3 is 0 Å². The maximum absolute atomic E-state index is 10.2. The highest BCUT2D eigenvalue weighted by atomic mass is 16.1. The molecule has 0 aromatic heterocycles. The fourth-order valence-corrected chi connectivity index (χ4v) is 0.699. The number of hydrogen-bond donors (Lipinski definition) is 2. The van der Waals surface area contributed by atoms with Gasteiger partial charge in [-0.2, -0.15) is 0 Å². The van der Waals surface area contributed by atoms with Crippen molar-refractivity contribution >= 4 is 5.91 Å². The minimum Gasteiger partial charge on any atom is -0.402 e. The summed E-state index contributed by atoms with van der Waals surface area (Å²) in [6.45, 7) is 0. The van der Waals surface area contributed by atoms with Crippen molar-refractivity contribution in [2.24, 2.45) is 17.4 Å². The molecular formula is C6H10N2O. The summed E-state index contributed by atoms with van der Waals surface area (Å²) in [5, 5.41) is 0. The van der Waals surface area contributed by atoms with E-state index in [4.69, 9.17) is 11.5 Å². The molecule has 1 amide bonds. The van der Waals surface area contributed by atoms with Gasteiger partial charge in [-0.1, -0.05) is 0 Å². The average molecular weight is 126 g/mol. The third kappa shape index (κ3) is 1.76. The minimum absolute atomic E-state index is 0.442. The van der Waals surface area contributed by atoms with E-state index in [0.29, 0.717) is 11.6 Å². The molecule has 1 saturated carbocycles. The molecule has 0 unspecified atom stereocenters. The molecule has 3 nitrogen and oxygen atoms in total. The van der Waals surface area contributed by atoms with Crippen molar-refractivity contribution in [1.82, 2.24) is 0 Å². The van der Waals surface area contributed by atoms with Gasteiger partial charge < -0.3 is 11.5 Å². The molecule has 4 N–H and O–H groups in total. The summed E-state index contributed by atoms with van der Waals surface area (Å²) >= 11 is 0. The highest BCUT2D eigenvalue weighted by Crippen LogP contribution is 2.33. The number of rotatable bonds is 2. The molecule has 0 bridgehead atoms. The van der Waals surface area contributed by atoms with E-state index in [9.17, 15) is 4.79 Å². The SMILES string of the molecule is NC(=O)/C=C(\N)C1CC1. The first-order chi connectivity index (χ1) is 4.20. The smallest absolute Gasteiger partial charge is 0.243 e. The van der Waals surface area contributed by atoms with Crippen LogP contribution in [-0.2, 0) is 4.79 Å². The zero-order valence-corrected chi connectivity index (χ0v) is 5.13. The molecule has 1 aliphatic carbocycles. The third-order valence-corrected chi connectivity index (χ3v) is 1.36. The lowest BCUT2D eigenvalue weighted by Crippen LogP contribution is -2.11. The second-order valence-electron chi connectivity index (χ2n) is 2.32. The summed E-state index contributed by atoms with van der Waals surface area (Å²) in [4.78, 5) is 10.2. The molecule has 50 valence electrons. The molecule has 0 saturated heterocycles. The molecule has 0 aromatic rings. The summed E-state index contributed by atoms with van der Waals surface area (Å²) in [6.07, 6.45) is 3.52. The van der Waals surface area contributed by atoms with Gasteiger partial charge in [0.25, 0.3) is 0 Å². The summed E-state index contributed by atoms with van der Waals surface area (Å²) in [6, 6.07) is 0. The summed E-state index contributed by atoms with van der Waals surface area (Å²) < 4.78 is 0. The Balaban J connectivity index is 2.47. The largest absolute Gasteiger partial charge is 0.402 e. The molecule has 0 aliphatic heterocycles. The summed E-state index contributed by atoms with van der Waals surface area (Å²) in [7, 11) is 0. The Morgan fingerprint density at radius 2 is 2.00 bits per heavy atom. The Morgan fingerprint density at radius 1 is 1.44 bits per heavy atom. The number of primary amides is 1. The van der Waals surface area contributed by atoms with Gasteiger partial charge in [0.05, 0.1) is 0 Å². The van der Waals surface area contributed by atoms with Gasteiger partial charge in [-0.3, -0.25) is 4.79 Å². The lowest BCUT2D eigenvalue weighted by atomic mass is 10.3. The van der Waals surface area contributed by atoms with Crippen molar-refractivity contribution in [1.29, 1.82) is 0 Å². The van der Waals surface area contributed by atoms with Crippen LogP contribution in [0, 0.1) is 5.92 Å². The molecule has 1 aliphatic rings. The normalized spacial score (nSPS) is 19.8. The number of carbonyl (C=O) groups is 1. The highest BCUT2D eigenvalue weighted by molar-refractivity contribution is 5.86. The summed E-state index contributed by atoms with van der Waals surface area (Å²) in [5.74, 6) is -0.00287. The monoisotopic (exact) mass is 126 g/mol. The van der Waals surface area contributed by atoms with Gasteiger partial charge in [0.15, 0.2) is 0 Å². The molecule has 0 heterocycles. The van der Waals surface area contributed by atoms with Crippen molar-refractivity contribution in [3.63, 3.8) is 0 Å². The average Bonchev–Trinajstić information content (AvgIpc) is 2.40. The van der Waals surface area contributed by atoms with Crippen LogP contribution in [0.1, 0.15) is 12.8 Å². The maximum Gasteiger partial charge on any atom is 0.243 e. The molecule has 0 aromatic carbocycles. The predicted octanol–water partition coefficient (Wildman–Crippen LogP) is -0.276. The molecule has 0 atom stereocenters. The first-order valence-electron chi connectivity index (χ1n) is 2.96. The van der Waals surface area contributed by atoms with E-state index in [2.05, 4.69) is 0 Å². The fraction of sp³-hybridized carbons (Fsp3) is 0.500. The van der Waals surface area contributed by atoms with Gasteiger partial charge in [0.2, 0.25) is 5.91 Å². The Morgan fingerprint density at radius 3 is 2.33 bits per heavy atom. The molecule has 3 heteroatoms. The van der Waals surface area contributed by atoms with Crippen molar-refractivity contribution in [3.05, 3.63) is 11.8 Å². The first kappa shape index (κ1) is 6.13. The molecule has 0 spiro atoms. The van der Waals surface area contributed by atoms with Crippen LogP contribution in [0.3, 0.4) is 0 Å². The lowest BCUT2D eigenvalue weighted by Gasteiger charge is -1.91. The Hall–Kier alpha value is -0.990. The Labute approximate surface area is 53.7 Å². The van der Waals surface area contributed by atoms with Crippen LogP contribution in [0.15, 0.2) is 11.8 Å². The van der Waals surface area contributed by atoms with Crippen LogP contribution >= 0.6 is 0 Å². The molecule has 1 rings (SSSR count). The first-order valence-corrected chi connectivity index (χ1v) is 2.96. The number of nitrogens with two attached hydrogens (primary N) is 2. The second-order valence-corrected chi connectivity index (χ2v) is 2.32. The number of hydrogen-bond acceptors (Lipinski definition) is 2.